The molecule has 1 aliphatic rings. The van der Waals surface area contributed by atoms with Gasteiger partial charge in [0.25, 0.3) is 5.69 Å². The number of ether oxygens (including phenoxy) is 1. The molecule has 1 fully saturated rings. The summed E-state index contributed by atoms with van der Waals surface area (Å²) in [6.07, 6.45) is 0. The predicted molar refractivity (Wildman–Crippen MR) is 70.5 cm³/mol. The van der Waals surface area contributed by atoms with Crippen molar-refractivity contribution in [2.24, 2.45) is 0 Å². The molecule has 8 heteroatoms. The molecule has 1 heterocycles. The number of nitro benzene ring substituents is 1. The smallest absolute Gasteiger partial charge is 0.273 e. The van der Waals surface area contributed by atoms with Gasteiger partial charge in [0, 0.05) is 19.2 Å². The number of sulfone groups is 1. The van der Waals surface area contributed by atoms with E-state index in [1.165, 1.54) is 19.2 Å². The van der Waals surface area contributed by atoms with E-state index in [0.717, 1.165) is 0 Å². The molecule has 0 amide bonds. The Kier molecular flexibility index (Phi) is 3.61. The molecular formula is C11H14N2O5S. The first-order valence-corrected chi connectivity index (χ1v) is 7.53. The summed E-state index contributed by atoms with van der Waals surface area (Å²) >= 11 is 0. The van der Waals surface area contributed by atoms with E-state index in [-0.39, 0.29) is 17.2 Å². The van der Waals surface area contributed by atoms with Crippen molar-refractivity contribution in [2.45, 2.75) is 0 Å². The van der Waals surface area contributed by atoms with E-state index in [2.05, 4.69) is 0 Å². The minimum Gasteiger partial charge on any atom is -0.494 e. The van der Waals surface area contributed by atoms with E-state index in [4.69, 9.17) is 4.74 Å². The molecule has 1 aliphatic heterocycles. The molecule has 0 bridgehead atoms. The molecule has 0 aromatic heterocycles. The molecule has 2 rings (SSSR count). The van der Waals surface area contributed by atoms with Crippen molar-refractivity contribution in [1.82, 2.24) is 0 Å². The highest BCUT2D eigenvalue weighted by molar-refractivity contribution is 7.91. The molecule has 0 atom stereocenters. The average molecular weight is 286 g/mol. The Morgan fingerprint density at radius 2 is 1.95 bits per heavy atom. The summed E-state index contributed by atoms with van der Waals surface area (Å²) in [5.74, 6) is 0.564. The fraction of sp³-hybridized carbons (Fsp3) is 0.455. The summed E-state index contributed by atoms with van der Waals surface area (Å²) in [4.78, 5) is 12.1. The van der Waals surface area contributed by atoms with Gasteiger partial charge in [-0.2, -0.15) is 0 Å². The number of nitrogens with zero attached hydrogens (tertiary/aromatic N) is 2. The van der Waals surface area contributed by atoms with E-state index in [1.807, 2.05) is 4.90 Å². The van der Waals surface area contributed by atoms with Crippen LogP contribution in [0.2, 0.25) is 0 Å². The minimum absolute atomic E-state index is 0.0507. The molecule has 1 saturated heterocycles. The van der Waals surface area contributed by atoms with Gasteiger partial charge in [-0.25, -0.2) is 8.42 Å². The molecular weight excluding hydrogens is 272 g/mol. The van der Waals surface area contributed by atoms with Gasteiger partial charge >= 0.3 is 0 Å². The molecule has 0 N–H and O–H groups in total. The maximum Gasteiger partial charge on any atom is 0.273 e. The maximum atomic E-state index is 11.4. The first-order chi connectivity index (χ1) is 8.93. The maximum absolute atomic E-state index is 11.4. The van der Waals surface area contributed by atoms with Crippen LogP contribution in [-0.4, -0.2) is 45.0 Å². The van der Waals surface area contributed by atoms with Crippen LogP contribution >= 0.6 is 0 Å². The number of benzene rings is 1. The van der Waals surface area contributed by atoms with Crippen molar-refractivity contribution in [3.63, 3.8) is 0 Å². The number of hydrogen-bond acceptors (Lipinski definition) is 6. The van der Waals surface area contributed by atoms with Gasteiger partial charge in [0.05, 0.1) is 35.3 Å². The summed E-state index contributed by atoms with van der Waals surface area (Å²) < 4.78 is 27.9. The molecule has 0 saturated carbocycles. The Labute approximate surface area is 110 Å². The van der Waals surface area contributed by atoms with Crippen LogP contribution in [0.4, 0.5) is 11.4 Å². The van der Waals surface area contributed by atoms with Crippen LogP contribution in [0.15, 0.2) is 18.2 Å². The second-order valence-electron chi connectivity index (χ2n) is 4.25. The third-order valence-corrected chi connectivity index (χ3v) is 4.67. The fourth-order valence-corrected chi connectivity index (χ4v) is 3.20. The first kappa shape index (κ1) is 13.6. The van der Waals surface area contributed by atoms with E-state index >= 15 is 0 Å². The van der Waals surface area contributed by atoms with Crippen LogP contribution in [-0.2, 0) is 9.84 Å². The van der Waals surface area contributed by atoms with Gasteiger partial charge < -0.3 is 9.64 Å². The minimum atomic E-state index is -2.96. The van der Waals surface area contributed by atoms with Crippen LogP contribution in [0.25, 0.3) is 0 Å². The normalized spacial score (nSPS) is 18.1. The summed E-state index contributed by atoms with van der Waals surface area (Å²) in [6, 6.07) is 4.33. The Hall–Kier alpha value is -1.83. The third kappa shape index (κ3) is 2.95. The largest absolute Gasteiger partial charge is 0.494 e. The zero-order chi connectivity index (χ0) is 14.0. The molecule has 0 radical (unpaired) electrons. The number of non-ortho nitro benzene ring substituents is 1. The highest BCUT2D eigenvalue weighted by Gasteiger charge is 2.24. The molecule has 104 valence electrons. The first-order valence-electron chi connectivity index (χ1n) is 5.71. The fourth-order valence-electron chi connectivity index (χ4n) is 1.99. The van der Waals surface area contributed by atoms with Gasteiger partial charge in [-0.15, -0.1) is 0 Å². The quantitative estimate of drug-likeness (QED) is 0.604. The van der Waals surface area contributed by atoms with Crippen LogP contribution < -0.4 is 9.64 Å². The molecule has 1 aromatic rings. The van der Waals surface area contributed by atoms with Crippen molar-refractivity contribution >= 4 is 21.2 Å². The number of rotatable bonds is 3. The van der Waals surface area contributed by atoms with Crippen molar-refractivity contribution in [2.75, 3.05) is 36.6 Å². The molecule has 19 heavy (non-hydrogen) atoms. The van der Waals surface area contributed by atoms with Crippen molar-refractivity contribution < 1.29 is 18.1 Å². The van der Waals surface area contributed by atoms with Crippen LogP contribution in [0.3, 0.4) is 0 Å². The van der Waals surface area contributed by atoms with Gasteiger partial charge in [-0.05, 0) is 6.07 Å². The summed E-state index contributed by atoms with van der Waals surface area (Å²) in [5.41, 5.74) is 0.633. The Balaban J connectivity index is 2.28. The second-order valence-corrected chi connectivity index (χ2v) is 6.56. The Morgan fingerprint density at radius 3 is 2.47 bits per heavy atom. The third-order valence-electron chi connectivity index (χ3n) is 3.06. The zero-order valence-corrected chi connectivity index (χ0v) is 11.2. The zero-order valence-electron chi connectivity index (χ0n) is 10.4. The SMILES string of the molecule is COc1cc([N+](=O)[O-])ccc1N1CCS(=O)(=O)CC1. The topological polar surface area (TPSA) is 89.8 Å². The Bertz CT molecular complexity index is 585. The lowest BCUT2D eigenvalue weighted by atomic mass is 10.2. The predicted octanol–water partition coefficient (Wildman–Crippen LogP) is 0.838. The summed E-state index contributed by atoms with van der Waals surface area (Å²) in [5, 5.41) is 10.7. The van der Waals surface area contributed by atoms with Crippen molar-refractivity contribution in [3.05, 3.63) is 28.3 Å². The Morgan fingerprint density at radius 1 is 1.32 bits per heavy atom. The molecule has 1 aromatic carbocycles. The van der Waals surface area contributed by atoms with Crippen LogP contribution in [0.5, 0.6) is 5.75 Å². The summed E-state index contributed by atoms with van der Waals surface area (Å²) in [7, 11) is -1.52. The lowest BCUT2D eigenvalue weighted by Crippen LogP contribution is -2.40. The van der Waals surface area contributed by atoms with E-state index in [1.54, 1.807) is 6.07 Å². The van der Waals surface area contributed by atoms with Crippen LogP contribution in [0, 0.1) is 10.1 Å². The standard InChI is InChI=1S/C11H14N2O5S/c1-18-11-8-9(13(14)15)2-3-10(11)12-4-6-19(16,17)7-5-12/h2-3,8H,4-7H2,1H3. The average Bonchev–Trinajstić information content (AvgIpc) is 2.38. The highest BCUT2D eigenvalue weighted by atomic mass is 32.2. The summed E-state index contributed by atoms with van der Waals surface area (Å²) in [6.45, 7) is 0.743. The van der Waals surface area contributed by atoms with Crippen molar-refractivity contribution in [3.8, 4) is 5.75 Å². The molecule has 0 aliphatic carbocycles. The lowest BCUT2D eigenvalue weighted by Gasteiger charge is -2.29. The van der Waals surface area contributed by atoms with Gasteiger partial charge in [0.2, 0.25) is 0 Å². The lowest BCUT2D eigenvalue weighted by molar-refractivity contribution is -0.384. The van der Waals surface area contributed by atoms with E-state index in [0.29, 0.717) is 24.5 Å². The van der Waals surface area contributed by atoms with E-state index < -0.39 is 14.8 Å². The van der Waals surface area contributed by atoms with E-state index in [9.17, 15) is 18.5 Å². The number of hydrogen-bond donors (Lipinski definition) is 0. The van der Waals surface area contributed by atoms with Gasteiger partial charge in [-0.3, -0.25) is 10.1 Å². The molecule has 7 nitrogen and oxygen atoms in total. The van der Waals surface area contributed by atoms with Gasteiger partial charge in [0.15, 0.2) is 9.84 Å². The monoisotopic (exact) mass is 286 g/mol. The highest BCUT2D eigenvalue weighted by Crippen LogP contribution is 2.32. The number of anilines is 1. The van der Waals surface area contributed by atoms with Gasteiger partial charge in [-0.1, -0.05) is 0 Å². The second kappa shape index (κ2) is 5.04. The molecule has 0 spiro atoms. The van der Waals surface area contributed by atoms with Crippen molar-refractivity contribution in [1.29, 1.82) is 0 Å². The van der Waals surface area contributed by atoms with Crippen LogP contribution in [0.1, 0.15) is 0 Å². The van der Waals surface area contributed by atoms with Gasteiger partial charge in [0.1, 0.15) is 5.75 Å². The number of nitro groups is 1. The molecule has 0 unspecified atom stereocenters. The number of methoxy groups -OCH3 is 1.